The van der Waals surface area contributed by atoms with Crippen LogP contribution in [0.1, 0.15) is 48.4 Å². The van der Waals surface area contributed by atoms with Crippen LogP contribution in [-0.4, -0.2) is 63.9 Å². The van der Waals surface area contributed by atoms with Gasteiger partial charge in [-0.15, -0.1) is 17.8 Å². The summed E-state index contributed by atoms with van der Waals surface area (Å²) in [5.41, 5.74) is -0.219. The minimum absolute atomic E-state index is 0.0452. The Kier molecular flexibility index (Phi) is 6.27. The number of carbonyl (C=O) groups excluding carboxylic acids is 1. The van der Waals surface area contributed by atoms with Crippen molar-refractivity contribution in [2.45, 2.75) is 50.2 Å². The summed E-state index contributed by atoms with van der Waals surface area (Å²) in [5, 5.41) is 14.7. The Hall–Kier alpha value is -3.69. The van der Waals surface area contributed by atoms with Gasteiger partial charge < -0.3 is 15.2 Å². The van der Waals surface area contributed by atoms with Gasteiger partial charge in [0.15, 0.2) is 10.8 Å². The second-order valence-electron chi connectivity index (χ2n) is 10.5. The van der Waals surface area contributed by atoms with Gasteiger partial charge in [-0.05, 0) is 30.9 Å². The van der Waals surface area contributed by atoms with Crippen molar-refractivity contribution < 1.29 is 32.6 Å². The second kappa shape index (κ2) is 9.45. The summed E-state index contributed by atoms with van der Waals surface area (Å²) < 4.78 is 50.0. The number of hydrogen-bond acceptors (Lipinski definition) is 8. The molecule has 2 aliphatic carbocycles. The second-order valence-corrected chi connectivity index (χ2v) is 11.4. The molecule has 2 saturated carbocycles. The highest BCUT2D eigenvalue weighted by atomic mass is 32.1. The highest BCUT2D eigenvalue weighted by Crippen LogP contribution is 2.76. The van der Waals surface area contributed by atoms with E-state index in [-0.39, 0.29) is 60.4 Å². The molecule has 3 heterocycles. The molecule has 1 saturated heterocycles. The van der Waals surface area contributed by atoms with Crippen molar-refractivity contribution in [2.75, 3.05) is 13.2 Å². The molecule has 0 amide bonds. The molecule has 8 nitrogen and oxygen atoms in total. The number of aliphatic carboxylic acids is 1. The number of likely N-dealkylation sites (tertiary alicyclic amines) is 1. The van der Waals surface area contributed by atoms with Crippen LogP contribution in [0.2, 0.25) is 0 Å². The van der Waals surface area contributed by atoms with E-state index in [2.05, 4.69) is 16.2 Å². The maximum atomic E-state index is 14.9. The number of esters is 1. The summed E-state index contributed by atoms with van der Waals surface area (Å²) in [6.45, 7) is 1.62. The SMILES string of the molecule is C#Cc1c(F)cccc1[C@@H]1N=C(c2nccs2)NC(CN2[C@@H]3C(F)(F)CC34[C@H](CC(=O)O)C[C@@H]24)=C1C(=O)OCC. The van der Waals surface area contributed by atoms with Gasteiger partial charge in [-0.3, -0.25) is 14.7 Å². The molecule has 1 aromatic carbocycles. The minimum Gasteiger partial charge on any atom is -0.481 e. The molecule has 6 rings (SSSR count). The van der Waals surface area contributed by atoms with Crippen LogP contribution in [-0.2, 0) is 14.3 Å². The minimum atomic E-state index is -2.99. The fraction of sp³-hybridized carbons (Fsp3) is 0.429. The van der Waals surface area contributed by atoms with Crippen molar-refractivity contribution in [1.82, 2.24) is 15.2 Å². The summed E-state index contributed by atoms with van der Waals surface area (Å²) in [6, 6.07) is 1.79. The summed E-state index contributed by atoms with van der Waals surface area (Å²) in [6.07, 6.45) is 7.20. The maximum Gasteiger partial charge on any atom is 0.338 e. The Morgan fingerprint density at radius 2 is 2.17 bits per heavy atom. The zero-order valence-electron chi connectivity index (χ0n) is 21.4. The van der Waals surface area contributed by atoms with E-state index in [4.69, 9.17) is 16.2 Å². The Balaban J connectivity index is 1.43. The molecule has 12 heteroatoms. The van der Waals surface area contributed by atoms with Gasteiger partial charge in [-0.25, -0.2) is 22.9 Å². The van der Waals surface area contributed by atoms with Gasteiger partial charge in [0.2, 0.25) is 0 Å². The van der Waals surface area contributed by atoms with Crippen molar-refractivity contribution in [3.8, 4) is 12.3 Å². The number of alkyl halides is 2. The lowest BCUT2D eigenvalue weighted by Gasteiger charge is -2.81. The van der Waals surface area contributed by atoms with Crippen LogP contribution < -0.4 is 5.32 Å². The predicted molar refractivity (Wildman–Crippen MR) is 139 cm³/mol. The predicted octanol–water partition coefficient (Wildman–Crippen LogP) is 3.74. The number of aliphatic imine (C=N–C) groups is 1. The van der Waals surface area contributed by atoms with E-state index in [9.17, 15) is 27.9 Å². The number of benzene rings is 1. The van der Waals surface area contributed by atoms with E-state index in [0.29, 0.717) is 17.3 Å². The smallest absolute Gasteiger partial charge is 0.338 e. The average molecular weight is 571 g/mol. The normalized spacial score (nSPS) is 29.8. The summed E-state index contributed by atoms with van der Waals surface area (Å²) in [5.74, 6) is -3.06. The maximum absolute atomic E-state index is 14.9. The largest absolute Gasteiger partial charge is 0.481 e. The van der Waals surface area contributed by atoms with Gasteiger partial charge in [0.25, 0.3) is 5.92 Å². The lowest BCUT2D eigenvalue weighted by Crippen LogP contribution is -2.91. The lowest BCUT2D eigenvalue weighted by atomic mass is 9.36. The number of piperidine rings is 2. The lowest BCUT2D eigenvalue weighted by molar-refractivity contribution is -0.392. The number of halogens is 3. The number of carboxylic acids is 1. The molecule has 0 radical (unpaired) electrons. The van der Waals surface area contributed by atoms with E-state index < -0.39 is 41.2 Å². The zero-order valence-corrected chi connectivity index (χ0v) is 22.2. The van der Waals surface area contributed by atoms with Gasteiger partial charge in [-0.1, -0.05) is 18.1 Å². The van der Waals surface area contributed by atoms with E-state index in [0.717, 1.165) is 0 Å². The Morgan fingerprint density at radius 3 is 2.83 bits per heavy atom. The van der Waals surface area contributed by atoms with E-state index >= 15 is 0 Å². The van der Waals surface area contributed by atoms with Crippen LogP contribution in [0.5, 0.6) is 0 Å². The molecular formula is C28H25F3N4O4S. The molecule has 208 valence electrons. The van der Waals surface area contributed by atoms with Crippen molar-refractivity contribution in [3.05, 3.63) is 63.0 Å². The van der Waals surface area contributed by atoms with Crippen molar-refractivity contribution >= 4 is 29.1 Å². The highest BCUT2D eigenvalue weighted by Gasteiger charge is 2.85. The molecule has 2 aliphatic heterocycles. The van der Waals surface area contributed by atoms with E-state index in [1.165, 1.54) is 23.5 Å². The molecular weight excluding hydrogens is 545 g/mol. The molecule has 2 N–H and O–H groups in total. The van der Waals surface area contributed by atoms with Crippen LogP contribution in [0.4, 0.5) is 13.2 Å². The van der Waals surface area contributed by atoms with Crippen LogP contribution in [0.25, 0.3) is 0 Å². The molecule has 2 aromatic rings. The van der Waals surface area contributed by atoms with Crippen LogP contribution >= 0.6 is 11.3 Å². The van der Waals surface area contributed by atoms with Crippen LogP contribution in [0.15, 0.2) is 46.0 Å². The van der Waals surface area contributed by atoms with Crippen LogP contribution in [0.3, 0.4) is 0 Å². The van der Waals surface area contributed by atoms with Gasteiger partial charge in [-0.2, -0.15) is 0 Å². The average Bonchev–Trinajstić information content (AvgIpc) is 3.43. The fourth-order valence-corrected chi connectivity index (χ4v) is 7.67. The van der Waals surface area contributed by atoms with Gasteiger partial charge in [0.1, 0.15) is 11.9 Å². The number of carbonyl (C=O) groups is 2. The van der Waals surface area contributed by atoms with Gasteiger partial charge in [0.05, 0.1) is 23.8 Å². The Bertz CT molecular complexity index is 1500. The molecule has 40 heavy (non-hydrogen) atoms. The summed E-state index contributed by atoms with van der Waals surface area (Å²) >= 11 is 1.28. The van der Waals surface area contributed by atoms with E-state index in [1.807, 2.05) is 0 Å². The number of carboxylic acid groups (broad SMARTS) is 1. The third-order valence-electron chi connectivity index (χ3n) is 8.57. The number of amidine groups is 1. The number of aromatic nitrogens is 1. The molecule has 4 aliphatic rings. The van der Waals surface area contributed by atoms with Crippen LogP contribution in [0, 0.1) is 29.5 Å². The van der Waals surface area contributed by atoms with Crippen molar-refractivity contribution in [3.63, 3.8) is 0 Å². The molecule has 1 unspecified atom stereocenters. The molecule has 1 aromatic heterocycles. The topological polar surface area (TPSA) is 104 Å². The summed E-state index contributed by atoms with van der Waals surface area (Å²) in [4.78, 5) is 35.4. The zero-order chi connectivity index (χ0) is 28.4. The Morgan fingerprint density at radius 1 is 1.38 bits per heavy atom. The fourth-order valence-electron chi connectivity index (χ4n) is 7.08. The summed E-state index contributed by atoms with van der Waals surface area (Å²) in [7, 11) is 0. The standard InChI is InChI=1S/C28H25F3N4O4S/c1-3-15-16(6-5-7-17(15)29)22-21(25(38)39-4-2)18(33-23(34-22)24-32-8-9-40-24)12-35-19-10-14(11-20(36)37)27(19)13-28(30,31)26(27)35/h1,5-9,14,19,22,26H,4,10-13H2,2H3,(H,33,34)(H,36,37)/t14-,19+,22-,26-,27?/m0/s1. The number of nitrogens with one attached hydrogen (secondary N) is 1. The molecule has 5 atom stereocenters. The number of terminal acetylenes is 1. The van der Waals surface area contributed by atoms with Crippen molar-refractivity contribution in [2.24, 2.45) is 16.3 Å². The number of rotatable bonds is 8. The Labute approximate surface area is 232 Å². The van der Waals surface area contributed by atoms with Gasteiger partial charge >= 0.3 is 11.9 Å². The first-order valence-corrected chi connectivity index (χ1v) is 13.8. The van der Waals surface area contributed by atoms with Gasteiger partial charge in [0, 0.05) is 48.1 Å². The number of hydrogen-bond donors (Lipinski definition) is 2. The molecule has 0 bridgehead atoms. The first-order valence-electron chi connectivity index (χ1n) is 12.9. The molecule has 3 fully saturated rings. The monoisotopic (exact) mass is 570 g/mol. The highest BCUT2D eigenvalue weighted by molar-refractivity contribution is 7.11. The number of thiazole rings is 1. The van der Waals surface area contributed by atoms with Crippen molar-refractivity contribution in [1.29, 1.82) is 0 Å². The first-order chi connectivity index (χ1) is 19.1. The van der Waals surface area contributed by atoms with E-state index in [1.54, 1.807) is 29.5 Å². The third kappa shape index (κ3) is 3.78. The number of ether oxygens (including phenoxy) is 1. The molecule has 1 spiro atoms. The quantitative estimate of drug-likeness (QED) is 0.368. The third-order valence-corrected chi connectivity index (χ3v) is 9.35. The first kappa shape index (κ1) is 26.5. The number of nitrogens with zero attached hydrogens (tertiary/aromatic N) is 3.